The van der Waals surface area contributed by atoms with E-state index in [0.717, 1.165) is 6.42 Å². The molecule has 0 saturated heterocycles. The Morgan fingerprint density at radius 1 is 1.17 bits per heavy atom. The van der Waals surface area contributed by atoms with Gasteiger partial charge in [-0.2, -0.15) is 0 Å². The van der Waals surface area contributed by atoms with Gasteiger partial charge in [0.1, 0.15) is 0 Å². The van der Waals surface area contributed by atoms with Crippen LogP contribution in [-0.2, 0) is 18.3 Å². The van der Waals surface area contributed by atoms with Crippen molar-refractivity contribution >= 4 is 0 Å². The molecule has 0 radical (unpaired) electrons. The number of rotatable bonds is 0. The molecule has 0 nitrogen and oxygen atoms in total. The average Bonchev–Trinajstić information content (AvgIpc) is 2.43. The van der Waals surface area contributed by atoms with Gasteiger partial charge >= 0.3 is 47.1 Å². The molecule has 66 valence electrons. The van der Waals surface area contributed by atoms with Crippen molar-refractivity contribution in [3.05, 3.63) is 60.2 Å². The Balaban J connectivity index is 0. The molecule has 0 N–H and O–H groups in total. The monoisotopic (exact) mass is 248 g/mol. The van der Waals surface area contributed by atoms with E-state index in [1.165, 1.54) is 4.17 Å². The first kappa shape index (κ1) is 13.7. The maximum atomic E-state index is 3.12. The second kappa shape index (κ2) is 12.8. The van der Waals surface area contributed by atoms with Crippen molar-refractivity contribution in [3.63, 3.8) is 0 Å². The molecular weight excluding hydrogens is 235 g/mol. The van der Waals surface area contributed by atoms with E-state index in [9.17, 15) is 0 Å². The summed E-state index contributed by atoms with van der Waals surface area (Å²) in [5.74, 6) is 0. The van der Waals surface area contributed by atoms with Crippen LogP contribution >= 0.6 is 0 Å². The van der Waals surface area contributed by atoms with Gasteiger partial charge in [-0.3, -0.25) is 0 Å². The molecule has 12 heavy (non-hydrogen) atoms. The predicted molar refractivity (Wildman–Crippen MR) is 51.4 cm³/mol. The van der Waals surface area contributed by atoms with Crippen LogP contribution in [0.4, 0.5) is 0 Å². The van der Waals surface area contributed by atoms with Crippen LogP contribution in [0.1, 0.15) is 6.42 Å². The summed E-state index contributed by atoms with van der Waals surface area (Å²) in [5.41, 5.74) is 4.50. The minimum atomic E-state index is 1.12. The first-order valence-electron chi connectivity index (χ1n) is 3.30. The summed E-state index contributed by atoms with van der Waals surface area (Å²) in [4.78, 5) is 0. The third-order valence-electron chi connectivity index (χ3n) is 0.709. The SMILES string of the molecule is C=C=C.C=C=C.[Rh][C]1=CC=CC1. The van der Waals surface area contributed by atoms with E-state index in [-0.39, 0.29) is 0 Å². The molecule has 0 atom stereocenters. The van der Waals surface area contributed by atoms with E-state index >= 15 is 0 Å². The molecule has 0 unspecified atom stereocenters. The zero-order chi connectivity index (χ0) is 9.82. The van der Waals surface area contributed by atoms with Crippen molar-refractivity contribution in [2.75, 3.05) is 0 Å². The van der Waals surface area contributed by atoms with Crippen LogP contribution in [0.2, 0.25) is 0 Å². The molecule has 1 aliphatic rings. The Hall–Kier alpha value is -0.857. The van der Waals surface area contributed by atoms with Gasteiger partial charge in [0.2, 0.25) is 0 Å². The molecule has 0 fully saturated rings. The minimum absolute atomic E-state index is 1.12. The summed E-state index contributed by atoms with van der Waals surface area (Å²) in [6.07, 6.45) is 7.41. The second-order valence-electron chi connectivity index (χ2n) is 1.72. The Morgan fingerprint density at radius 3 is 1.67 bits per heavy atom. The molecule has 0 amide bonds. The van der Waals surface area contributed by atoms with Gasteiger partial charge in [-0.1, -0.05) is 26.3 Å². The van der Waals surface area contributed by atoms with Crippen LogP contribution in [-0.4, -0.2) is 0 Å². The normalized spacial score (nSPS) is 10.7. The number of hydrogen-bond donors (Lipinski definition) is 0. The molecule has 0 saturated carbocycles. The van der Waals surface area contributed by atoms with Crippen molar-refractivity contribution in [2.24, 2.45) is 0 Å². The summed E-state index contributed by atoms with van der Waals surface area (Å²) in [6, 6.07) is 0. The van der Waals surface area contributed by atoms with Crippen molar-refractivity contribution in [3.8, 4) is 0 Å². The van der Waals surface area contributed by atoms with Crippen LogP contribution < -0.4 is 0 Å². The van der Waals surface area contributed by atoms with Crippen LogP contribution in [0.3, 0.4) is 0 Å². The fourth-order valence-corrected chi connectivity index (χ4v) is 0.762. The molecule has 1 aliphatic carbocycles. The maximum absolute atomic E-state index is 3.12. The molecule has 0 aromatic carbocycles. The molecule has 0 aromatic heterocycles. The van der Waals surface area contributed by atoms with E-state index in [4.69, 9.17) is 0 Å². The van der Waals surface area contributed by atoms with Crippen LogP contribution in [0.15, 0.2) is 60.2 Å². The molecule has 0 heterocycles. The van der Waals surface area contributed by atoms with E-state index in [0.29, 0.717) is 0 Å². The Labute approximate surface area is 85.1 Å². The Bertz CT molecular complexity index is 207. The molecule has 0 aliphatic heterocycles. The first-order chi connectivity index (χ1) is 5.72. The standard InChI is InChI=1S/C5H5.2C3H4.Rh/c1-2-4-5-3-1;2*1-3-2;/h1-3H,4H2;2*1-2H2;. The van der Waals surface area contributed by atoms with Crippen LogP contribution in [0.5, 0.6) is 0 Å². The van der Waals surface area contributed by atoms with Gasteiger partial charge in [-0.05, 0) is 0 Å². The molecule has 0 bridgehead atoms. The quantitative estimate of drug-likeness (QED) is 0.456. The fourth-order valence-electron chi connectivity index (χ4n) is 0.412. The van der Waals surface area contributed by atoms with E-state index in [1.807, 2.05) is 0 Å². The molecular formula is C11H13Rh. The second-order valence-corrected chi connectivity index (χ2v) is 2.77. The predicted octanol–water partition coefficient (Wildman–Crippen LogP) is 3.29. The summed E-state index contributed by atoms with van der Waals surface area (Å²) in [5, 5.41) is 0. The first-order valence-corrected chi connectivity index (χ1v) is 4.12. The van der Waals surface area contributed by atoms with Crippen molar-refractivity contribution < 1.29 is 18.3 Å². The molecule has 0 aromatic rings. The molecule has 1 rings (SSSR count). The number of allylic oxidation sites excluding steroid dienone is 4. The van der Waals surface area contributed by atoms with Gasteiger partial charge in [0, 0.05) is 0 Å². The van der Waals surface area contributed by atoms with Crippen molar-refractivity contribution in [1.82, 2.24) is 0 Å². The Morgan fingerprint density at radius 2 is 1.58 bits per heavy atom. The van der Waals surface area contributed by atoms with E-state index < -0.39 is 0 Å². The summed E-state index contributed by atoms with van der Waals surface area (Å²) >= 11 is 2.84. The fraction of sp³-hybridized carbons (Fsp3) is 0.0909. The molecule has 1 heteroatoms. The topological polar surface area (TPSA) is 0 Å². The van der Waals surface area contributed by atoms with Gasteiger partial charge in [-0.25, -0.2) is 0 Å². The van der Waals surface area contributed by atoms with E-state index in [1.54, 1.807) is 0 Å². The Kier molecular flexibility index (Phi) is 14.6. The van der Waals surface area contributed by atoms with Gasteiger partial charge in [0.05, 0.1) is 0 Å². The van der Waals surface area contributed by atoms with Crippen molar-refractivity contribution in [2.45, 2.75) is 6.42 Å². The third-order valence-corrected chi connectivity index (χ3v) is 1.32. The zero-order valence-corrected chi connectivity index (χ0v) is 8.74. The number of hydrogen-bond acceptors (Lipinski definition) is 0. The summed E-state index contributed by atoms with van der Waals surface area (Å²) in [7, 11) is 0. The summed E-state index contributed by atoms with van der Waals surface area (Å²) in [6.45, 7) is 12.5. The van der Waals surface area contributed by atoms with Gasteiger partial charge in [0.25, 0.3) is 0 Å². The van der Waals surface area contributed by atoms with Crippen LogP contribution in [0, 0.1) is 0 Å². The third kappa shape index (κ3) is 16.1. The summed E-state index contributed by atoms with van der Waals surface area (Å²) < 4.78 is 1.36. The van der Waals surface area contributed by atoms with Crippen molar-refractivity contribution in [1.29, 1.82) is 0 Å². The van der Waals surface area contributed by atoms with Gasteiger partial charge < -0.3 is 0 Å². The van der Waals surface area contributed by atoms with E-state index in [2.05, 4.69) is 74.3 Å². The average molecular weight is 248 g/mol. The van der Waals surface area contributed by atoms with Gasteiger partial charge in [-0.15, -0.1) is 11.5 Å². The molecule has 0 spiro atoms. The zero-order valence-electron chi connectivity index (χ0n) is 7.10. The van der Waals surface area contributed by atoms with Gasteiger partial charge in [0.15, 0.2) is 0 Å². The van der Waals surface area contributed by atoms with Crippen LogP contribution in [0.25, 0.3) is 0 Å².